The zero-order chi connectivity index (χ0) is 83.7. The Kier molecular flexibility index (Phi) is 17.5. The third-order valence-electron chi connectivity index (χ3n) is 25.9. The first-order valence-electron chi connectivity index (χ1n) is 43.1. The predicted octanol–water partition coefficient (Wildman–Crippen LogP) is 24.9. The molecule has 124 heavy (non-hydrogen) atoms. The number of para-hydroxylation sites is 10. The Balaban J connectivity index is 0.871. The molecule has 0 unspecified atom stereocenters. The van der Waals surface area contributed by atoms with Crippen molar-refractivity contribution in [1.29, 1.82) is 0 Å². The Bertz CT molecular complexity index is 6660. The number of hydrogen-bond donors (Lipinski definition) is 0. The number of hydrogen-bond acceptors (Lipinski definition) is 11. The fraction of sp³-hybridized carbons (Fsp3) is 0.109. The topological polar surface area (TPSA) is 41.1 Å². The van der Waals surface area contributed by atoms with Crippen molar-refractivity contribution in [2.45, 2.75) is 80.1 Å². The maximum absolute atomic E-state index is 7.70. The van der Waals surface area contributed by atoms with Crippen LogP contribution in [0.1, 0.15) is 73.6 Å². The van der Waals surface area contributed by atoms with Crippen LogP contribution in [-0.2, 0) is 10.8 Å². The van der Waals surface area contributed by atoms with Gasteiger partial charge in [0.15, 0.2) is 0 Å². The number of rotatable bonds is 13. The molecule has 15 aromatic carbocycles. The molecule has 0 amide bonds. The van der Waals surface area contributed by atoms with E-state index in [2.05, 4.69) is 455 Å². The zero-order valence-electron chi connectivity index (χ0n) is 71.0. The van der Waals surface area contributed by atoms with E-state index in [1.54, 1.807) is 0 Å². The van der Waals surface area contributed by atoms with Crippen molar-refractivity contribution in [2.75, 3.05) is 34.3 Å². The standard InChI is InChI=1S/C110H88B3N7O2S2/c1-69-37-29-33-53-86(69)117-90-65-92-84(112-105-96(119(92)88-55-35-31-39-71(88)3)59-80(61-98(105)121-100-67-102(109(5,6)7)123-107(100)112)115(75-45-21-13-22-46-75)76-47-23-14-24-48-76)63-82(90)111-83-64-85-93(66-91(83)118(87-54-34-30-38-70(87)2)95-58-79(57-94(117)104(95)111)114(73-41-17-11-18-42-73)74-43-19-12-20-44-74)120(89-56-36-32-40-72(89)4)97-60-81(116(77-49-25-15-26-50-77)78-51-27-16-28-52-78)62-99-106(97)113(85)108-101(122-99)68-103(124-108)110(8,9)10/h11-68H,1-10H3. The minimum absolute atomic E-state index is 0.188. The second kappa shape index (κ2) is 28.9. The molecule has 17 aromatic rings. The first-order chi connectivity index (χ1) is 60.4. The maximum Gasteiger partial charge on any atom is 0.268 e. The number of benzene rings is 15. The van der Waals surface area contributed by atoms with Crippen LogP contribution >= 0.6 is 22.7 Å². The largest absolute Gasteiger partial charge is 0.457 e. The molecule has 0 saturated carbocycles. The smallest absolute Gasteiger partial charge is 0.268 e. The van der Waals surface area contributed by atoms with Crippen molar-refractivity contribution in [3.63, 3.8) is 0 Å². The minimum atomic E-state index is -0.386. The Labute approximate surface area is 735 Å². The molecular formula is C110H88B3N7O2S2. The van der Waals surface area contributed by atoms with Gasteiger partial charge in [0.05, 0.1) is 17.1 Å². The molecular weight excluding hydrogens is 1550 g/mol. The Morgan fingerprint density at radius 2 is 0.468 bits per heavy atom. The first-order valence-corrected chi connectivity index (χ1v) is 44.8. The minimum Gasteiger partial charge on any atom is -0.457 e. The molecule has 0 atom stereocenters. The molecule has 0 aliphatic carbocycles. The van der Waals surface area contributed by atoms with Gasteiger partial charge in [0.1, 0.15) is 23.0 Å². The predicted molar refractivity (Wildman–Crippen MR) is 528 cm³/mol. The molecule has 14 heteroatoms. The molecule has 8 heterocycles. The second-order valence-corrected chi connectivity index (χ2v) is 37.9. The van der Waals surface area contributed by atoms with E-state index < -0.39 is 0 Å². The molecule has 596 valence electrons. The molecule has 0 radical (unpaired) electrons. The zero-order valence-corrected chi connectivity index (χ0v) is 72.6. The normalized spacial score (nSPS) is 13.4. The summed E-state index contributed by atoms with van der Waals surface area (Å²) in [4.78, 5) is 20.3. The van der Waals surface area contributed by atoms with Crippen molar-refractivity contribution in [3.05, 3.63) is 384 Å². The van der Waals surface area contributed by atoms with Gasteiger partial charge in [-0.05, 0) is 245 Å². The summed E-state index contributed by atoms with van der Waals surface area (Å²) in [5, 5.41) is 0. The molecule has 6 aliphatic rings. The molecule has 9 nitrogen and oxygen atoms in total. The van der Waals surface area contributed by atoms with Crippen LogP contribution in [0.2, 0.25) is 0 Å². The SMILES string of the molecule is Cc1ccccc1N1c2cc3c(cc2B2c4sc(C(C)(C)C)cc4Oc4cc(N(c5ccccc5)c5ccccc5)cc1c42)B1c2cc4c(cc2N(c2ccccc2C)c2cc(N(c5ccccc5)c5ccccc5)cc(c21)N3c1ccccc1C)N(c1ccccc1C)c1cc(N(c2ccccc2)c2ccccc2)cc2c1B4c1sc(C(C)(C)C)cc1O2. The third-order valence-corrected chi connectivity index (χ3v) is 29.1. The molecule has 0 bridgehead atoms. The van der Waals surface area contributed by atoms with Crippen molar-refractivity contribution >= 4 is 210 Å². The van der Waals surface area contributed by atoms with Crippen LogP contribution < -0.4 is 91.6 Å². The number of ether oxygens (including phenoxy) is 2. The fourth-order valence-electron chi connectivity index (χ4n) is 20.2. The highest BCUT2D eigenvalue weighted by Crippen LogP contribution is 2.56. The summed E-state index contributed by atoms with van der Waals surface area (Å²) in [6.45, 7) is 22.3. The second-order valence-electron chi connectivity index (χ2n) is 35.8. The van der Waals surface area contributed by atoms with Crippen LogP contribution in [0.5, 0.6) is 23.0 Å². The van der Waals surface area contributed by atoms with Crippen LogP contribution in [0.25, 0.3) is 0 Å². The number of nitrogens with zero attached hydrogens (tertiary/aromatic N) is 7. The van der Waals surface area contributed by atoms with E-state index in [9.17, 15) is 0 Å². The van der Waals surface area contributed by atoms with Gasteiger partial charge < -0.3 is 43.8 Å². The summed E-state index contributed by atoms with van der Waals surface area (Å²) in [5.41, 5.74) is 34.9. The molecule has 6 aliphatic heterocycles. The van der Waals surface area contributed by atoms with E-state index in [4.69, 9.17) is 9.47 Å². The van der Waals surface area contributed by atoms with E-state index in [0.29, 0.717) is 0 Å². The maximum atomic E-state index is 7.70. The fourth-order valence-corrected chi connectivity index (χ4v) is 22.7. The number of fused-ring (bicyclic) bond motifs is 12. The number of thiophene rings is 2. The Morgan fingerprint density at radius 3 is 0.734 bits per heavy atom. The lowest BCUT2D eigenvalue weighted by molar-refractivity contribution is 0.487. The van der Waals surface area contributed by atoms with Gasteiger partial charge >= 0.3 is 0 Å². The van der Waals surface area contributed by atoms with Crippen LogP contribution in [0.15, 0.2) is 352 Å². The number of anilines is 21. The Morgan fingerprint density at radius 1 is 0.226 bits per heavy atom. The van der Waals surface area contributed by atoms with E-state index in [-0.39, 0.29) is 31.0 Å². The molecule has 23 rings (SSSR count). The van der Waals surface area contributed by atoms with Crippen LogP contribution in [0.4, 0.5) is 119 Å². The molecule has 0 fully saturated rings. The summed E-state index contributed by atoms with van der Waals surface area (Å²) in [6.07, 6.45) is 0. The summed E-state index contributed by atoms with van der Waals surface area (Å²) in [6, 6.07) is 131. The highest BCUT2D eigenvalue weighted by molar-refractivity contribution is 7.29. The van der Waals surface area contributed by atoms with Gasteiger partial charge in [0.25, 0.3) is 20.1 Å². The van der Waals surface area contributed by atoms with Gasteiger partial charge in [-0.3, -0.25) is 0 Å². The first kappa shape index (κ1) is 75.1. The van der Waals surface area contributed by atoms with Crippen molar-refractivity contribution in [2.24, 2.45) is 0 Å². The summed E-state index contributed by atoms with van der Waals surface area (Å²) in [5.74, 6) is 3.48. The molecule has 0 saturated heterocycles. The van der Waals surface area contributed by atoms with E-state index >= 15 is 0 Å². The highest BCUT2D eigenvalue weighted by atomic mass is 32.1. The van der Waals surface area contributed by atoms with Crippen molar-refractivity contribution in [3.8, 4) is 23.0 Å². The molecule has 2 aromatic heterocycles. The van der Waals surface area contributed by atoms with Crippen molar-refractivity contribution in [1.82, 2.24) is 0 Å². The molecule has 0 N–H and O–H groups in total. The Hall–Kier alpha value is -13.9. The summed E-state index contributed by atoms with van der Waals surface area (Å²) < 4.78 is 17.8. The van der Waals surface area contributed by atoms with E-state index in [1.807, 2.05) is 22.7 Å². The lowest BCUT2D eigenvalue weighted by atomic mass is 9.30. The van der Waals surface area contributed by atoms with Crippen molar-refractivity contribution < 1.29 is 9.47 Å². The van der Waals surface area contributed by atoms with Gasteiger partial charge in [-0.25, -0.2) is 0 Å². The number of aryl methyl sites for hydroxylation is 4. The van der Waals surface area contributed by atoms with Crippen LogP contribution in [0, 0.1) is 27.7 Å². The van der Waals surface area contributed by atoms with Gasteiger partial charge in [-0.15, -0.1) is 22.7 Å². The van der Waals surface area contributed by atoms with E-state index in [0.717, 1.165) is 176 Å². The van der Waals surface area contributed by atoms with E-state index in [1.165, 1.54) is 46.6 Å². The molecule has 0 spiro atoms. The van der Waals surface area contributed by atoms with Gasteiger partial charge in [-0.1, -0.05) is 236 Å². The quantitative estimate of drug-likeness (QED) is 0.105. The van der Waals surface area contributed by atoms with Gasteiger partial charge in [0.2, 0.25) is 0 Å². The van der Waals surface area contributed by atoms with Gasteiger partial charge in [0, 0.05) is 134 Å². The summed E-state index contributed by atoms with van der Waals surface area (Å²) in [7, 11) is 0. The lowest BCUT2D eigenvalue weighted by Crippen LogP contribution is -2.66. The summed E-state index contributed by atoms with van der Waals surface area (Å²) >= 11 is 3.81. The average Bonchev–Trinajstić information content (AvgIpc) is 0.841. The third kappa shape index (κ3) is 12.0. The van der Waals surface area contributed by atoms with Crippen LogP contribution in [0.3, 0.4) is 0 Å². The van der Waals surface area contributed by atoms with Gasteiger partial charge in [-0.2, -0.15) is 0 Å². The van der Waals surface area contributed by atoms with Crippen LogP contribution in [-0.4, -0.2) is 20.1 Å². The lowest BCUT2D eigenvalue weighted by Gasteiger charge is -2.48. The monoisotopic (exact) mass is 1640 g/mol. The average molecular weight is 1640 g/mol. The highest BCUT2D eigenvalue weighted by Gasteiger charge is 2.53.